The standard InChI is InChI=1S/C34H62BrN/c1-3-5-7-9-11-13-15-17-19-21-23-25-31-36(34-29-27-33(35)28-30-34)32-26-24-22-20-18-16-14-12-10-8-6-4-2/h27-30H,3-26,31-32H2,1-2H3. The summed E-state index contributed by atoms with van der Waals surface area (Å²) in [6.45, 7) is 7.04. The molecule has 0 radical (unpaired) electrons. The number of unbranched alkanes of at least 4 members (excludes halogenated alkanes) is 22. The van der Waals surface area contributed by atoms with Gasteiger partial charge in [-0.3, -0.25) is 0 Å². The molecule has 0 N–H and O–H groups in total. The van der Waals surface area contributed by atoms with Crippen LogP contribution >= 0.6 is 15.9 Å². The first-order chi connectivity index (χ1) is 17.8. The zero-order valence-electron chi connectivity index (χ0n) is 24.5. The van der Waals surface area contributed by atoms with E-state index in [1.54, 1.807) is 0 Å². The smallest absolute Gasteiger partial charge is 0.0366 e. The van der Waals surface area contributed by atoms with E-state index >= 15 is 0 Å². The van der Waals surface area contributed by atoms with E-state index in [-0.39, 0.29) is 0 Å². The number of hydrogen-bond acceptors (Lipinski definition) is 1. The minimum Gasteiger partial charge on any atom is -0.372 e. The lowest BCUT2D eigenvalue weighted by Gasteiger charge is -2.25. The maximum absolute atomic E-state index is 3.60. The van der Waals surface area contributed by atoms with Gasteiger partial charge in [-0.25, -0.2) is 0 Å². The van der Waals surface area contributed by atoms with Crippen LogP contribution < -0.4 is 4.90 Å². The van der Waals surface area contributed by atoms with Crippen molar-refractivity contribution in [2.75, 3.05) is 18.0 Å². The van der Waals surface area contributed by atoms with Gasteiger partial charge in [-0.15, -0.1) is 0 Å². The lowest BCUT2D eigenvalue weighted by molar-refractivity contribution is 0.535. The molecule has 0 saturated heterocycles. The lowest BCUT2D eigenvalue weighted by Crippen LogP contribution is -2.25. The zero-order valence-corrected chi connectivity index (χ0v) is 26.1. The monoisotopic (exact) mass is 563 g/mol. The molecule has 2 heteroatoms. The van der Waals surface area contributed by atoms with E-state index in [4.69, 9.17) is 0 Å². The molecule has 0 aromatic heterocycles. The topological polar surface area (TPSA) is 3.24 Å². The summed E-state index contributed by atoms with van der Waals surface area (Å²) in [6, 6.07) is 9.00. The van der Waals surface area contributed by atoms with Crippen LogP contribution in [0.15, 0.2) is 28.7 Å². The molecule has 0 atom stereocenters. The van der Waals surface area contributed by atoms with Crippen molar-refractivity contribution >= 4 is 21.6 Å². The van der Waals surface area contributed by atoms with Crippen LogP contribution in [0.3, 0.4) is 0 Å². The first-order valence-electron chi connectivity index (χ1n) is 16.3. The Bertz CT molecular complexity index is 527. The van der Waals surface area contributed by atoms with Crippen molar-refractivity contribution < 1.29 is 0 Å². The highest BCUT2D eigenvalue weighted by Crippen LogP contribution is 2.21. The summed E-state index contributed by atoms with van der Waals surface area (Å²) in [7, 11) is 0. The first kappa shape index (κ1) is 33.5. The summed E-state index contributed by atoms with van der Waals surface area (Å²) in [6.07, 6.45) is 34.2. The molecule has 210 valence electrons. The molecule has 36 heavy (non-hydrogen) atoms. The molecule has 1 rings (SSSR count). The lowest BCUT2D eigenvalue weighted by atomic mass is 10.0. The van der Waals surface area contributed by atoms with Crippen molar-refractivity contribution in [3.8, 4) is 0 Å². The molecule has 1 nitrogen and oxygen atoms in total. The van der Waals surface area contributed by atoms with Gasteiger partial charge in [-0.1, -0.05) is 171 Å². The highest BCUT2D eigenvalue weighted by molar-refractivity contribution is 9.10. The number of nitrogens with zero attached hydrogens (tertiary/aromatic N) is 1. The summed E-state index contributed by atoms with van der Waals surface area (Å²) in [5.41, 5.74) is 1.41. The van der Waals surface area contributed by atoms with E-state index in [2.05, 4.69) is 58.9 Å². The second kappa shape index (κ2) is 26.1. The van der Waals surface area contributed by atoms with E-state index < -0.39 is 0 Å². The van der Waals surface area contributed by atoms with Crippen LogP contribution in [0.2, 0.25) is 0 Å². The van der Waals surface area contributed by atoms with Gasteiger partial charge in [0.1, 0.15) is 0 Å². The van der Waals surface area contributed by atoms with Crippen molar-refractivity contribution in [1.82, 2.24) is 0 Å². The molecule has 0 heterocycles. The molecule has 0 saturated carbocycles. The molecule has 0 aliphatic rings. The van der Waals surface area contributed by atoms with Crippen LogP contribution in [0.25, 0.3) is 0 Å². The molecular weight excluding hydrogens is 502 g/mol. The third-order valence-corrected chi connectivity index (χ3v) is 8.28. The fourth-order valence-electron chi connectivity index (χ4n) is 5.31. The average molecular weight is 565 g/mol. The van der Waals surface area contributed by atoms with Gasteiger partial charge < -0.3 is 4.90 Å². The van der Waals surface area contributed by atoms with Gasteiger partial charge >= 0.3 is 0 Å². The molecule has 0 spiro atoms. The Morgan fingerprint density at radius 2 is 0.694 bits per heavy atom. The highest BCUT2D eigenvalue weighted by Gasteiger charge is 2.06. The number of hydrogen-bond donors (Lipinski definition) is 0. The van der Waals surface area contributed by atoms with Gasteiger partial charge in [0.05, 0.1) is 0 Å². The van der Waals surface area contributed by atoms with E-state index in [0.717, 1.165) is 0 Å². The van der Waals surface area contributed by atoms with E-state index in [9.17, 15) is 0 Å². The molecular formula is C34H62BrN. The summed E-state index contributed by atoms with van der Waals surface area (Å²) in [5.74, 6) is 0. The fraction of sp³-hybridized carbons (Fsp3) is 0.824. The van der Waals surface area contributed by atoms with Crippen LogP contribution in [0.4, 0.5) is 5.69 Å². The fourth-order valence-corrected chi connectivity index (χ4v) is 5.57. The van der Waals surface area contributed by atoms with Crippen molar-refractivity contribution in [3.63, 3.8) is 0 Å². The van der Waals surface area contributed by atoms with Gasteiger partial charge in [0.25, 0.3) is 0 Å². The summed E-state index contributed by atoms with van der Waals surface area (Å²) in [4.78, 5) is 2.65. The largest absolute Gasteiger partial charge is 0.372 e. The van der Waals surface area contributed by atoms with Gasteiger partial charge in [0.2, 0.25) is 0 Å². The molecule has 0 fully saturated rings. The van der Waals surface area contributed by atoms with Crippen LogP contribution in [-0.2, 0) is 0 Å². The minimum atomic E-state index is 1.18. The SMILES string of the molecule is CCCCCCCCCCCCCCN(CCCCCCCCCCCCCC)c1ccc(Br)cc1. The van der Waals surface area contributed by atoms with Gasteiger partial charge in [-0.2, -0.15) is 0 Å². The van der Waals surface area contributed by atoms with E-state index in [1.165, 1.54) is 177 Å². The van der Waals surface area contributed by atoms with Crippen molar-refractivity contribution in [2.45, 2.75) is 168 Å². The third-order valence-electron chi connectivity index (χ3n) is 7.75. The maximum Gasteiger partial charge on any atom is 0.0366 e. The molecule has 0 amide bonds. The Morgan fingerprint density at radius 3 is 1.00 bits per heavy atom. The van der Waals surface area contributed by atoms with E-state index in [1.807, 2.05) is 0 Å². The minimum absolute atomic E-state index is 1.18. The summed E-state index contributed by atoms with van der Waals surface area (Å²) >= 11 is 3.60. The van der Waals surface area contributed by atoms with Crippen LogP contribution in [-0.4, -0.2) is 13.1 Å². The predicted molar refractivity (Wildman–Crippen MR) is 169 cm³/mol. The van der Waals surface area contributed by atoms with E-state index in [0.29, 0.717) is 0 Å². The van der Waals surface area contributed by atoms with Gasteiger partial charge in [-0.05, 0) is 37.1 Å². The van der Waals surface area contributed by atoms with Crippen LogP contribution in [0.1, 0.15) is 168 Å². The first-order valence-corrected chi connectivity index (χ1v) is 17.1. The Morgan fingerprint density at radius 1 is 0.417 bits per heavy atom. The molecule has 0 aliphatic heterocycles. The third kappa shape index (κ3) is 20.5. The number of rotatable bonds is 27. The van der Waals surface area contributed by atoms with Crippen molar-refractivity contribution in [2.24, 2.45) is 0 Å². The summed E-state index contributed by atoms with van der Waals surface area (Å²) < 4.78 is 1.18. The van der Waals surface area contributed by atoms with Gasteiger partial charge in [0, 0.05) is 23.2 Å². The zero-order chi connectivity index (χ0) is 25.9. The Hall–Kier alpha value is -0.500. The summed E-state index contributed by atoms with van der Waals surface area (Å²) in [5, 5.41) is 0. The Balaban J connectivity index is 2.10. The second-order valence-corrected chi connectivity index (χ2v) is 12.2. The number of anilines is 1. The average Bonchev–Trinajstić information content (AvgIpc) is 2.89. The predicted octanol–water partition coefficient (Wildman–Crippen LogP) is 12.7. The maximum atomic E-state index is 3.60. The van der Waals surface area contributed by atoms with Crippen molar-refractivity contribution in [3.05, 3.63) is 28.7 Å². The van der Waals surface area contributed by atoms with Crippen LogP contribution in [0.5, 0.6) is 0 Å². The highest BCUT2D eigenvalue weighted by atomic mass is 79.9. The second-order valence-electron chi connectivity index (χ2n) is 11.2. The van der Waals surface area contributed by atoms with Gasteiger partial charge in [0.15, 0.2) is 0 Å². The number of halogens is 1. The quantitative estimate of drug-likeness (QED) is 0.0961. The van der Waals surface area contributed by atoms with Crippen LogP contribution in [0, 0.1) is 0 Å². The molecule has 0 bridgehead atoms. The molecule has 1 aromatic rings. The number of benzene rings is 1. The Kier molecular flexibility index (Phi) is 24.3. The Labute approximate surface area is 235 Å². The molecule has 0 unspecified atom stereocenters. The molecule has 0 aliphatic carbocycles. The van der Waals surface area contributed by atoms with Crippen molar-refractivity contribution in [1.29, 1.82) is 0 Å². The normalized spacial score (nSPS) is 11.3. The molecule has 1 aromatic carbocycles.